The summed E-state index contributed by atoms with van der Waals surface area (Å²) in [6.07, 6.45) is 2.40. The second kappa shape index (κ2) is 3.26. The van der Waals surface area contributed by atoms with Crippen molar-refractivity contribution in [1.82, 2.24) is 0 Å². The minimum absolute atomic E-state index is 0.00273. The molecule has 1 spiro atoms. The lowest BCUT2D eigenvalue weighted by Gasteiger charge is -2.19. The number of fused-ring (bicyclic) bond motifs is 3. The number of hydrogen-bond donors (Lipinski definition) is 0. The van der Waals surface area contributed by atoms with Crippen LogP contribution in [0, 0.1) is 0 Å². The van der Waals surface area contributed by atoms with Gasteiger partial charge in [-0.3, -0.25) is 0 Å². The van der Waals surface area contributed by atoms with Crippen LogP contribution in [0.25, 0.3) is 0 Å². The summed E-state index contributed by atoms with van der Waals surface area (Å²) in [6.45, 7) is 4.42. The van der Waals surface area contributed by atoms with Gasteiger partial charge in [0, 0.05) is 23.0 Å². The van der Waals surface area contributed by atoms with Gasteiger partial charge in [-0.15, -0.1) is 0 Å². The van der Waals surface area contributed by atoms with E-state index >= 15 is 0 Å². The van der Waals surface area contributed by atoms with Gasteiger partial charge in [-0.05, 0) is 38.8 Å². The van der Waals surface area contributed by atoms with E-state index < -0.39 is 0 Å². The molecule has 1 saturated carbocycles. The zero-order valence-corrected chi connectivity index (χ0v) is 11.9. The summed E-state index contributed by atoms with van der Waals surface area (Å²) in [6, 6.07) is 4.06. The van der Waals surface area contributed by atoms with Crippen LogP contribution in [0.15, 0.2) is 12.1 Å². The van der Waals surface area contributed by atoms with E-state index in [1.54, 1.807) is 14.2 Å². The van der Waals surface area contributed by atoms with E-state index in [0.29, 0.717) is 11.8 Å². The Morgan fingerprint density at radius 2 is 1.42 bits per heavy atom. The molecule has 1 saturated heterocycles. The fourth-order valence-corrected chi connectivity index (χ4v) is 4.77. The van der Waals surface area contributed by atoms with Crippen LogP contribution in [-0.4, -0.2) is 25.4 Å². The second-order valence-electron chi connectivity index (χ2n) is 6.39. The van der Waals surface area contributed by atoms with Crippen molar-refractivity contribution in [2.75, 3.05) is 14.2 Å². The van der Waals surface area contributed by atoms with Gasteiger partial charge in [0.15, 0.2) is 0 Å². The lowest BCUT2D eigenvalue weighted by molar-refractivity contribution is 0.258. The normalized spacial score (nSPS) is 36.4. The molecular weight excluding hydrogens is 240 g/mol. The van der Waals surface area contributed by atoms with Crippen LogP contribution in [0.2, 0.25) is 0 Å². The Bertz CT molecular complexity index is 522. The van der Waals surface area contributed by atoms with Crippen LogP contribution in [-0.2, 0) is 4.74 Å². The maximum Gasteiger partial charge on any atom is 0.123 e. The summed E-state index contributed by atoms with van der Waals surface area (Å²) in [4.78, 5) is 0. The Morgan fingerprint density at radius 1 is 1.00 bits per heavy atom. The highest BCUT2D eigenvalue weighted by Gasteiger charge is 2.77. The average molecular weight is 260 g/mol. The van der Waals surface area contributed by atoms with Crippen LogP contribution in [0.3, 0.4) is 0 Å². The molecule has 1 unspecified atom stereocenters. The lowest BCUT2D eigenvalue weighted by Crippen LogP contribution is -2.24. The van der Waals surface area contributed by atoms with Crippen molar-refractivity contribution in [3.05, 3.63) is 23.3 Å². The molecule has 0 amide bonds. The third-order valence-electron chi connectivity index (χ3n) is 5.45. The van der Waals surface area contributed by atoms with E-state index in [2.05, 4.69) is 13.8 Å². The molecule has 19 heavy (non-hydrogen) atoms. The van der Waals surface area contributed by atoms with Gasteiger partial charge in [0.05, 0.1) is 19.8 Å². The zero-order chi connectivity index (χ0) is 13.4. The minimum atomic E-state index is -0.0200. The van der Waals surface area contributed by atoms with Crippen molar-refractivity contribution < 1.29 is 14.2 Å². The van der Waals surface area contributed by atoms with Gasteiger partial charge in [0.25, 0.3) is 0 Å². The highest BCUT2D eigenvalue weighted by Crippen LogP contribution is 2.76. The van der Waals surface area contributed by atoms with Crippen molar-refractivity contribution in [2.45, 2.75) is 49.7 Å². The monoisotopic (exact) mass is 260 g/mol. The Morgan fingerprint density at radius 3 is 1.74 bits per heavy atom. The van der Waals surface area contributed by atoms with E-state index in [1.807, 2.05) is 12.1 Å². The van der Waals surface area contributed by atoms with Crippen molar-refractivity contribution in [3.63, 3.8) is 0 Å². The smallest absolute Gasteiger partial charge is 0.123 e. The van der Waals surface area contributed by atoms with E-state index in [9.17, 15) is 0 Å². The Balaban J connectivity index is 1.95. The molecule has 3 aliphatic rings. The molecule has 1 aliphatic heterocycles. The van der Waals surface area contributed by atoms with E-state index in [0.717, 1.165) is 11.5 Å². The van der Waals surface area contributed by atoms with Crippen LogP contribution in [0.4, 0.5) is 0 Å². The molecule has 0 aromatic heterocycles. The summed E-state index contributed by atoms with van der Waals surface area (Å²) < 4.78 is 17.4. The van der Waals surface area contributed by atoms with Gasteiger partial charge in [0.2, 0.25) is 0 Å². The van der Waals surface area contributed by atoms with E-state index in [-0.39, 0.29) is 11.2 Å². The number of ether oxygens (including phenoxy) is 3. The molecule has 0 radical (unpaired) electrons. The van der Waals surface area contributed by atoms with Gasteiger partial charge in [-0.1, -0.05) is 0 Å². The van der Waals surface area contributed by atoms with Crippen molar-refractivity contribution in [1.29, 1.82) is 0 Å². The highest BCUT2D eigenvalue weighted by molar-refractivity contribution is 5.62. The van der Waals surface area contributed by atoms with Crippen LogP contribution < -0.4 is 9.47 Å². The molecule has 2 bridgehead atoms. The predicted octanol–water partition coefficient (Wildman–Crippen LogP) is 3.23. The summed E-state index contributed by atoms with van der Waals surface area (Å²) >= 11 is 0. The quantitative estimate of drug-likeness (QED) is 0.765. The molecule has 3 heteroatoms. The van der Waals surface area contributed by atoms with Crippen LogP contribution in [0.1, 0.15) is 49.7 Å². The largest absolute Gasteiger partial charge is 0.496 e. The molecule has 102 valence electrons. The predicted molar refractivity (Wildman–Crippen MR) is 72.2 cm³/mol. The van der Waals surface area contributed by atoms with Gasteiger partial charge in [0.1, 0.15) is 17.1 Å². The lowest BCUT2D eigenvalue weighted by atomic mass is 9.84. The molecule has 0 N–H and O–H groups in total. The summed E-state index contributed by atoms with van der Waals surface area (Å²) in [5.74, 6) is 2.92. The third-order valence-corrected chi connectivity index (χ3v) is 5.45. The van der Waals surface area contributed by atoms with E-state index in [4.69, 9.17) is 14.2 Å². The Hall–Kier alpha value is -1.22. The standard InChI is InChI=1S/C16H20O3/c1-15(2)16(19-15)9-5-6-10(16)14-12(18-4)8-7-11(17-3)13(9)14/h7-10H,5-6H2,1-4H3/t9-,10+,16?. The minimum Gasteiger partial charge on any atom is -0.496 e. The fourth-order valence-electron chi connectivity index (χ4n) is 4.77. The molecule has 1 aromatic rings. The number of benzene rings is 1. The van der Waals surface area contributed by atoms with Crippen molar-refractivity contribution in [3.8, 4) is 11.5 Å². The Labute approximate surface area is 113 Å². The van der Waals surface area contributed by atoms with E-state index in [1.165, 1.54) is 24.0 Å². The van der Waals surface area contributed by atoms with Crippen LogP contribution >= 0.6 is 0 Å². The van der Waals surface area contributed by atoms with Gasteiger partial charge >= 0.3 is 0 Å². The summed E-state index contributed by atoms with van der Waals surface area (Å²) in [5.41, 5.74) is 2.65. The molecule has 2 fully saturated rings. The van der Waals surface area contributed by atoms with Crippen molar-refractivity contribution in [2.24, 2.45) is 0 Å². The maximum absolute atomic E-state index is 6.21. The first-order chi connectivity index (χ1) is 9.06. The number of epoxide rings is 1. The first kappa shape index (κ1) is 11.6. The number of hydrogen-bond acceptors (Lipinski definition) is 3. The number of methoxy groups -OCH3 is 2. The fraction of sp³-hybridized carbons (Fsp3) is 0.625. The van der Waals surface area contributed by atoms with Gasteiger partial charge in [-0.25, -0.2) is 0 Å². The SMILES string of the molecule is COc1ccc(OC)c2c1[C@H]1CC[C@@H]2C12OC2(C)C. The highest BCUT2D eigenvalue weighted by atomic mass is 16.6. The molecule has 2 aliphatic carbocycles. The number of rotatable bonds is 2. The second-order valence-corrected chi connectivity index (χ2v) is 6.39. The first-order valence-electron chi connectivity index (χ1n) is 7.01. The zero-order valence-electron chi connectivity index (χ0n) is 11.9. The van der Waals surface area contributed by atoms with Gasteiger partial charge < -0.3 is 14.2 Å². The average Bonchev–Trinajstić information content (AvgIpc) is 2.70. The molecule has 4 rings (SSSR count). The summed E-state index contributed by atoms with van der Waals surface area (Å²) in [5, 5.41) is 0. The molecular formula is C16H20O3. The van der Waals surface area contributed by atoms with Crippen LogP contribution in [0.5, 0.6) is 11.5 Å². The third kappa shape index (κ3) is 1.10. The molecule has 3 nitrogen and oxygen atoms in total. The molecule has 3 atom stereocenters. The topological polar surface area (TPSA) is 31.0 Å². The van der Waals surface area contributed by atoms with Crippen molar-refractivity contribution >= 4 is 0 Å². The molecule has 1 heterocycles. The Kier molecular flexibility index (Phi) is 1.99. The molecule has 1 aromatic carbocycles. The van der Waals surface area contributed by atoms with Gasteiger partial charge in [-0.2, -0.15) is 0 Å². The summed E-state index contributed by atoms with van der Waals surface area (Å²) in [7, 11) is 3.50. The first-order valence-corrected chi connectivity index (χ1v) is 7.01. The maximum atomic E-state index is 6.21.